The van der Waals surface area contributed by atoms with E-state index in [2.05, 4.69) is 27.8 Å². The zero-order valence-corrected chi connectivity index (χ0v) is 15.7. The Morgan fingerprint density at radius 1 is 1.37 bits per heavy atom. The molecule has 1 aromatic rings. The van der Waals surface area contributed by atoms with Crippen LogP contribution in [0.5, 0.6) is 0 Å². The number of likely N-dealkylation sites (tertiary alicyclic amines) is 1. The highest BCUT2D eigenvalue weighted by Gasteiger charge is 2.35. The van der Waals surface area contributed by atoms with Crippen molar-refractivity contribution in [2.75, 3.05) is 31.5 Å². The standard InChI is InChI=1S/C19H30N4O4/c24-16(25)13-19(27)7-11-23(12-8-19)18(26)21-10-2-4-15-6-5-14-3-1-9-20-17(14)22-15/h5-6,18,21,26-27H,1-4,7-13H2,(H,20,22)(H,24,25). The summed E-state index contributed by atoms with van der Waals surface area (Å²) in [6.45, 7) is 2.57. The van der Waals surface area contributed by atoms with Gasteiger partial charge in [0.25, 0.3) is 0 Å². The van der Waals surface area contributed by atoms with E-state index in [9.17, 15) is 15.0 Å². The van der Waals surface area contributed by atoms with Gasteiger partial charge < -0.3 is 20.6 Å². The number of rotatable bonds is 8. The Bertz CT molecular complexity index is 647. The van der Waals surface area contributed by atoms with Crippen molar-refractivity contribution in [1.82, 2.24) is 15.2 Å². The van der Waals surface area contributed by atoms with Gasteiger partial charge in [0.15, 0.2) is 6.35 Å². The molecule has 0 saturated carbocycles. The number of fused-ring (bicyclic) bond motifs is 1. The molecule has 0 aliphatic carbocycles. The number of aromatic nitrogens is 1. The Morgan fingerprint density at radius 2 is 2.15 bits per heavy atom. The Morgan fingerprint density at radius 3 is 2.89 bits per heavy atom. The van der Waals surface area contributed by atoms with Gasteiger partial charge in [0.05, 0.1) is 12.0 Å². The summed E-state index contributed by atoms with van der Waals surface area (Å²) in [7, 11) is 0. The molecule has 1 saturated heterocycles. The van der Waals surface area contributed by atoms with E-state index in [0.29, 0.717) is 32.5 Å². The monoisotopic (exact) mass is 378 g/mol. The van der Waals surface area contributed by atoms with Crippen LogP contribution in [-0.2, 0) is 17.6 Å². The molecule has 1 aromatic heterocycles. The van der Waals surface area contributed by atoms with Gasteiger partial charge in [-0.2, -0.15) is 0 Å². The lowest BCUT2D eigenvalue weighted by molar-refractivity contribution is -0.146. The molecular formula is C19H30N4O4. The highest BCUT2D eigenvalue weighted by atomic mass is 16.4. The van der Waals surface area contributed by atoms with Crippen molar-refractivity contribution < 1.29 is 20.1 Å². The Kier molecular flexibility index (Phi) is 6.64. The number of aliphatic carboxylic acids is 1. The van der Waals surface area contributed by atoms with E-state index >= 15 is 0 Å². The predicted octanol–water partition coefficient (Wildman–Crippen LogP) is 0.539. The van der Waals surface area contributed by atoms with Crippen LogP contribution >= 0.6 is 0 Å². The Labute approximate surface area is 159 Å². The summed E-state index contributed by atoms with van der Waals surface area (Å²) in [5.74, 6) is 0.0181. The van der Waals surface area contributed by atoms with Gasteiger partial charge in [0.2, 0.25) is 0 Å². The van der Waals surface area contributed by atoms with Crippen LogP contribution in [0.25, 0.3) is 0 Å². The van der Waals surface area contributed by atoms with Crippen LogP contribution in [0, 0.1) is 0 Å². The first-order valence-corrected chi connectivity index (χ1v) is 9.78. The highest BCUT2D eigenvalue weighted by Crippen LogP contribution is 2.26. The van der Waals surface area contributed by atoms with E-state index in [0.717, 1.165) is 43.7 Å². The summed E-state index contributed by atoms with van der Waals surface area (Å²) >= 11 is 0. The van der Waals surface area contributed by atoms with E-state index in [1.54, 1.807) is 0 Å². The molecule has 1 atom stereocenters. The van der Waals surface area contributed by atoms with Gasteiger partial charge in [-0.05, 0) is 56.7 Å². The minimum atomic E-state index is -1.16. The number of carboxylic acid groups (broad SMARTS) is 1. The van der Waals surface area contributed by atoms with Crippen LogP contribution in [-0.4, -0.2) is 69.3 Å². The molecule has 3 rings (SSSR count). The Balaban J connectivity index is 1.36. The fraction of sp³-hybridized carbons (Fsp3) is 0.684. The lowest BCUT2D eigenvalue weighted by Crippen LogP contribution is -2.53. The van der Waals surface area contributed by atoms with Gasteiger partial charge in [-0.15, -0.1) is 0 Å². The highest BCUT2D eigenvalue weighted by molar-refractivity contribution is 5.68. The zero-order valence-electron chi connectivity index (χ0n) is 15.7. The van der Waals surface area contributed by atoms with Crippen LogP contribution in [0.4, 0.5) is 5.82 Å². The number of carbonyl (C=O) groups is 1. The van der Waals surface area contributed by atoms with Crippen LogP contribution in [0.15, 0.2) is 12.1 Å². The number of nitrogens with one attached hydrogen (secondary N) is 2. The topological polar surface area (TPSA) is 118 Å². The van der Waals surface area contributed by atoms with Crippen molar-refractivity contribution in [3.8, 4) is 0 Å². The number of carboxylic acids is 1. The third-order valence-corrected chi connectivity index (χ3v) is 5.44. The molecule has 0 radical (unpaired) electrons. The molecule has 2 aliphatic rings. The molecule has 3 heterocycles. The minimum Gasteiger partial charge on any atom is -0.481 e. The van der Waals surface area contributed by atoms with Crippen molar-refractivity contribution in [3.05, 3.63) is 23.4 Å². The van der Waals surface area contributed by atoms with Crippen molar-refractivity contribution in [2.45, 2.75) is 56.9 Å². The second kappa shape index (κ2) is 8.97. The quantitative estimate of drug-likeness (QED) is 0.329. The zero-order chi connectivity index (χ0) is 19.3. The SMILES string of the molecule is O=C(O)CC1(O)CCN(C(O)NCCCc2ccc3c(n2)NCCC3)CC1. The van der Waals surface area contributed by atoms with Crippen molar-refractivity contribution in [2.24, 2.45) is 0 Å². The second-order valence-corrected chi connectivity index (χ2v) is 7.60. The Hall–Kier alpha value is -1.74. The van der Waals surface area contributed by atoms with Gasteiger partial charge in [-0.1, -0.05) is 6.07 Å². The lowest BCUT2D eigenvalue weighted by atomic mass is 9.88. The van der Waals surface area contributed by atoms with Crippen molar-refractivity contribution in [3.63, 3.8) is 0 Å². The normalized spacial score (nSPS) is 20.5. The molecule has 2 aliphatic heterocycles. The number of hydrogen-bond acceptors (Lipinski definition) is 7. The number of aryl methyl sites for hydroxylation is 2. The van der Waals surface area contributed by atoms with Gasteiger partial charge in [0.1, 0.15) is 5.82 Å². The summed E-state index contributed by atoms with van der Waals surface area (Å²) in [5.41, 5.74) is 1.18. The largest absolute Gasteiger partial charge is 0.481 e. The van der Waals surface area contributed by atoms with Gasteiger partial charge in [-0.3, -0.25) is 15.0 Å². The number of aliphatic hydroxyl groups is 2. The number of pyridine rings is 1. The predicted molar refractivity (Wildman–Crippen MR) is 101 cm³/mol. The van der Waals surface area contributed by atoms with E-state index < -0.39 is 17.9 Å². The molecule has 0 aromatic carbocycles. The summed E-state index contributed by atoms with van der Waals surface area (Å²) < 4.78 is 0. The van der Waals surface area contributed by atoms with Crippen molar-refractivity contribution >= 4 is 11.8 Å². The smallest absolute Gasteiger partial charge is 0.306 e. The lowest BCUT2D eigenvalue weighted by Gasteiger charge is -2.39. The summed E-state index contributed by atoms with van der Waals surface area (Å²) in [5, 5.41) is 35.8. The summed E-state index contributed by atoms with van der Waals surface area (Å²) in [4.78, 5) is 17.3. The number of anilines is 1. The van der Waals surface area contributed by atoms with Crippen LogP contribution in [0.3, 0.4) is 0 Å². The first-order valence-electron chi connectivity index (χ1n) is 9.78. The third-order valence-electron chi connectivity index (χ3n) is 5.44. The van der Waals surface area contributed by atoms with E-state index in [-0.39, 0.29) is 6.42 Å². The number of hydrogen-bond donors (Lipinski definition) is 5. The third kappa shape index (κ3) is 5.62. The fourth-order valence-corrected chi connectivity index (χ4v) is 3.78. The maximum absolute atomic E-state index is 10.8. The molecule has 0 spiro atoms. The number of nitrogens with zero attached hydrogens (tertiary/aromatic N) is 2. The van der Waals surface area contributed by atoms with Gasteiger partial charge >= 0.3 is 5.97 Å². The molecule has 1 unspecified atom stereocenters. The molecule has 1 fully saturated rings. The van der Waals surface area contributed by atoms with Crippen LogP contribution in [0.2, 0.25) is 0 Å². The summed E-state index contributed by atoms with van der Waals surface area (Å²) in [6, 6.07) is 4.23. The average molecular weight is 378 g/mol. The molecule has 5 N–H and O–H groups in total. The van der Waals surface area contributed by atoms with Crippen LogP contribution in [0.1, 0.15) is 43.4 Å². The first-order chi connectivity index (χ1) is 13.0. The maximum atomic E-state index is 10.8. The van der Waals surface area contributed by atoms with Gasteiger partial charge in [-0.25, -0.2) is 4.98 Å². The summed E-state index contributed by atoms with van der Waals surface area (Å²) in [6.07, 6.45) is 3.62. The number of piperidine rings is 1. The van der Waals surface area contributed by atoms with E-state index in [1.165, 1.54) is 5.56 Å². The molecule has 0 bridgehead atoms. The molecule has 27 heavy (non-hydrogen) atoms. The van der Waals surface area contributed by atoms with E-state index in [1.807, 2.05) is 4.90 Å². The minimum absolute atomic E-state index is 0.243. The molecule has 0 amide bonds. The van der Waals surface area contributed by atoms with Gasteiger partial charge in [0, 0.05) is 25.3 Å². The van der Waals surface area contributed by atoms with E-state index in [4.69, 9.17) is 5.11 Å². The fourth-order valence-electron chi connectivity index (χ4n) is 3.78. The van der Waals surface area contributed by atoms with Crippen LogP contribution < -0.4 is 10.6 Å². The van der Waals surface area contributed by atoms with Crippen molar-refractivity contribution in [1.29, 1.82) is 0 Å². The molecular weight excluding hydrogens is 348 g/mol. The first kappa shape index (κ1) is 20.0. The second-order valence-electron chi connectivity index (χ2n) is 7.60. The molecule has 150 valence electrons. The maximum Gasteiger partial charge on any atom is 0.306 e. The average Bonchev–Trinajstić information content (AvgIpc) is 2.64. The molecule has 8 nitrogen and oxygen atoms in total. The number of aliphatic hydroxyl groups excluding tert-OH is 1. The molecule has 8 heteroatoms.